The molecular weight excluding hydrogens is 328 g/mol. The average molecular weight is 343 g/mol. The van der Waals surface area contributed by atoms with E-state index in [1.807, 2.05) is 30.7 Å². The van der Waals surface area contributed by atoms with Gasteiger partial charge in [-0.15, -0.1) is 0 Å². The molecule has 0 unspecified atom stereocenters. The summed E-state index contributed by atoms with van der Waals surface area (Å²) in [5.41, 5.74) is 1.14. The Labute approximate surface area is 131 Å². The number of hydrogen-bond donors (Lipinski definition) is 0. The summed E-state index contributed by atoms with van der Waals surface area (Å²) in [7, 11) is 0. The molecule has 1 heterocycles. The van der Waals surface area contributed by atoms with Gasteiger partial charge in [0.25, 0.3) is 0 Å². The summed E-state index contributed by atoms with van der Waals surface area (Å²) in [6.07, 6.45) is 6.31. The molecule has 4 rings (SSSR count). The molecule has 3 aromatic rings. The van der Waals surface area contributed by atoms with Crippen LogP contribution in [0.2, 0.25) is 0 Å². The van der Waals surface area contributed by atoms with Crippen LogP contribution in [0.4, 0.5) is 0 Å². The zero-order chi connectivity index (χ0) is 14.2. The Kier molecular flexibility index (Phi) is 3.19. The molecule has 106 valence electrons. The van der Waals surface area contributed by atoms with Crippen LogP contribution in [0.25, 0.3) is 10.8 Å². The predicted molar refractivity (Wildman–Crippen MR) is 86.5 cm³/mol. The van der Waals surface area contributed by atoms with Crippen molar-refractivity contribution >= 4 is 26.7 Å². The molecule has 0 atom stereocenters. The van der Waals surface area contributed by atoms with Crippen LogP contribution >= 0.6 is 15.9 Å². The van der Waals surface area contributed by atoms with Crippen LogP contribution in [-0.2, 0) is 6.61 Å². The van der Waals surface area contributed by atoms with Gasteiger partial charge in [0.05, 0.1) is 22.7 Å². The molecule has 1 aromatic heterocycles. The van der Waals surface area contributed by atoms with E-state index in [2.05, 4.69) is 43.7 Å². The number of rotatable bonds is 4. The van der Waals surface area contributed by atoms with E-state index in [-0.39, 0.29) is 0 Å². The summed E-state index contributed by atoms with van der Waals surface area (Å²) in [6, 6.07) is 13.0. The monoisotopic (exact) mass is 342 g/mol. The summed E-state index contributed by atoms with van der Waals surface area (Å²) in [5.74, 6) is 0.872. The maximum atomic E-state index is 6.00. The topological polar surface area (TPSA) is 27.1 Å². The van der Waals surface area contributed by atoms with Crippen molar-refractivity contribution in [3.63, 3.8) is 0 Å². The maximum absolute atomic E-state index is 6.00. The minimum absolute atomic E-state index is 0.549. The lowest BCUT2D eigenvalue weighted by Crippen LogP contribution is -2.04. The number of nitrogens with zero attached hydrogens (tertiary/aromatic N) is 2. The number of halogens is 1. The van der Waals surface area contributed by atoms with Gasteiger partial charge in [-0.3, -0.25) is 0 Å². The van der Waals surface area contributed by atoms with Crippen molar-refractivity contribution in [1.29, 1.82) is 0 Å². The number of hydrogen-bond acceptors (Lipinski definition) is 2. The van der Waals surface area contributed by atoms with E-state index in [9.17, 15) is 0 Å². The fourth-order valence-corrected chi connectivity index (χ4v) is 3.21. The molecule has 1 saturated carbocycles. The lowest BCUT2D eigenvalue weighted by molar-refractivity contribution is 0.293. The van der Waals surface area contributed by atoms with Gasteiger partial charge in [0.15, 0.2) is 0 Å². The third-order valence-corrected chi connectivity index (χ3v) is 4.71. The van der Waals surface area contributed by atoms with Crippen LogP contribution in [0.1, 0.15) is 24.6 Å². The Morgan fingerprint density at radius 3 is 2.90 bits per heavy atom. The van der Waals surface area contributed by atoms with E-state index in [4.69, 9.17) is 4.74 Å². The maximum Gasteiger partial charge on any atom is 0.134 e. The minimum atomic E-state index is 0.549. The van der Waals surface area contributed by atoms with Crippen molar-refractivity contribution in [2.75, 3.05) is 0 Å². The molecule has 0 spiro atoms. The highest BCUT2D eigenvalue weighted by atomic mass is 79.9. The molecule has 4 heteroatoms. The summed E-state index contributed by atoms with van der Waals surface area (Å²) in [4.78, 5) is 4.24. The predicted octanol–water partition coefficient (Wildman–Crippen LogP) is 4.71. The average Bonchev–Trinajstić information content (AvgIpc) is 3.26. The first-order valence-corrected chi connectivity index (χ1v) is 7.93. The second kappa shape index (κ2) is 5.19. The van der Waals surface area contributed by atoms with Crippen LogP contribution in [0, 0.1) is 0 Å². The van der Waals surface area contributed by atoms with Gasteiger partial charge in [-0.05, 0) is 45.6 Å². The van der Waals surface area contributed by atoms with E-state index in [1.54, 1.807) is 0 Å². The van der Waals surface area contributed by atoms with Gasteiger partial charge in [-0.1, -0.05) is 30.3 Å². The van der Waals surface area contributed by atoms with Gasteiger partial charge in [0, 0.05) is 6.04 Å². The Morgan fingerprint density at radius 2 is 2.05 bits per heavy atom. The van der Waals surface area contributed by atoms with Gasteiger partial charge >= 0.3 is 0 Å². The SMILES string of the molecule is Brc1c(OCc2cncn2C2CC2)ccc2ccccc12. The number of ether oxygens (including phenoxy) is 1. The molecule has 0 N–H and O–H groups in total. The Hall–Kier alpha value is -1.81. The Balaban J connectivity index is 1.59. The highest BCUT2D eigenvalue weighted by molar-refractivity contribution is 9.10. The van der Waals surface area contributed by atoms with Crippen molar-refractivity contribution in [2.24, 2.45) is 0 Å². The van der Waals surface area contributed by atoms with Crippen molar-refractivity contribution in [2.45, 2.75) is 25.5 Å². The lowest BCUT2D eigenvalue weighted by Gasteiger charge is -2.11. The molecule has 2 aromatic carbocycles. The van der Waals surface area contributed by atoms with E-state index in [0.29, 0.717) is 12.6 Å². The molecule has 1 aliphatic carbocycles. The molecule has 0 bridgehead atoms. The highest BCUT2D eigenvalue weighted by Gasteiger charge is 2.25. The van der Waals surface area contributed by atoms with Gasteiger partial charge in [-0.2, -0.15) is 0 Å². The number of fused-ring (bicyclic) bond motifs is 1. The van der Waals surface area contributed by atoms with E-state index >= 15 is 0 Å². The van der Waals surface area contributed by atoms with Crippen molar-refractivity contribution in [1.82, 2.24) is 9.55 Å². The van der Waals surface area contributed by atoms with Crippen LogP contribution in [0.3, 0.4) is 0 Å². The van der Waals surface area contributed by atoms with Crippen molar-refractivity contribution in [3.8, 4) is 5.75 Å². The summed E-state index contributed by atoms with van der Waals surface area (Å²) >= 11 is 3.66. The van der Waals surface area contributed by atoms with Gasteiger partial charge in [0.2, 0.25) is 0 Å². The zero-order valence-corrected chi connectivity index (χ0v) is 13.1. The smallest absolute Gasteiger partial charge is 0.134 e. The number of imidazole rings is 1. The van der Waals surface area contributed by atoms with Crippen LogP contribution in [-0.4, -0.2) is 9.55 Å². The molecule has 0 amide bonds. The normalized spacial score (nSPS) is 14.5. The minimum Gasteiger partial charge on any atom is -0.486 e. The summed E-state index contributed by atoms with van der Waals surface area (Å²) in [5, 5.41) is 2.38. The van der Waals surface area contributed by atoms with Gasteiger partial charge in [0.1, 0.15) is 12.4 Å². The van der Waals surface area contributed by atoms with Gasteiger partial charge in [-0.25, -0.2) is 4.98 Å². The molecule has 1 fully saturated rings. The zero-order valence-electron chi connectivity index (χ0n) is 11.5. The standard InChI is InChI=1S/C17H15BrN2O/c18-17-15-4-2-1-3-12(15)5-8-16(17)21-10-14-9-19-11-20(14)13-6-7-13/h1-5,8-9,11,13H,6-7,10H2. The molecule has 3 nitrogen and oxygen atoms in total. The van der Waals surface area contributed by atoms with Crippen LogP contribution in [0.5, 0.6) is 5.75 Å². The van der Waals surface area contributed by atoms with E-state index < -0.39 is 0 Å². The van der Waals surface area contributed by atoms with Crippen molar-refractivity contribution in [3.05, 3.63) is 59.1 Å². The fraction of sp³-hybridized carbons (Fsp3) is 0.235. The van der Waals surface area contributed by atoms with E-state index in [1.165, 1.54) is 23.6 Å². The Morgan fingerprint density at radius 1 is 1.19 bits per heavy atom. The van der Waals surface area contributed by atoms with E-state index in [0.717, 1.165) is 15.9 Å². The lowest BCUT2D eigenvalue weighted by atomic mass is 10.1. The molecule has 1 aliphatic rings. The fourth-order valence-electron chi connectivity index (χ4n) is 2.60. The largest absolute Gasteiger partial charge is 0.486 e. The van der Waals surface area contributed by atoms with Crippen LogP contribution in [0.15, 0.2) is 53.4 Å². The van der Waals surface area contributed by atoms with Crippen molar-refractivity contribution < 1.29 is 4.74 Å². The number of benzene rings is 2. The van der Waals surface area contributed by atoms with Crippen LogP contribution < -0.4 is 4.74 Å². The quantitative estimate of drug-likeness (QED) is 0.686. The highest BCUT2D eigenvalue weighted by Crippen LogP contribution is 2.36. The third kappa shape index (κ3) is 2.44. The molecule has 21 heavy (non-hydrogen) atoms. The molecule has 0 aliphatic heterocycles. The third-order valence-electron chi connectivity index (χ3n) is 3.89. The first kappa shape index (κ1) is 12.9. The second-order valence-electron chi connectivity index (χ2n) is 5.41. The first-order valence-electron chi connectivity index (χ1n) is 7.13. The van der Waals surface area contributed by atoms with Gasteiger partial charge < -0.3 is 9.30 Å². The summed E-state index contributed by atoms with van der Waals surface area (Å²) in [6.45, 7) is 0.549. The Bertz CT molecular complexity index is 792. The first-order chi connectivity index (χ1) is 10.3. The number of aromatic nitrogens is 2. The molecular formula is C17H15BrN2O. The molecule has 0 radical (unpaired) electrons. The summed E-state index contributed by atoms with van der Waals surface area (Å²) < 4.78 is 9.24. The molecule has 0 saturated heterocycles. The second-order valence-corrected chi connectivity index (χ2v) is 6.20.